The lowest BCUT2D eigenvalue weighted by molar-refractivity contribution is -0.333. The second-order valence-corrected chi connectivity index (χ2v) is 34.1. The fourth-order valence-electron chi connectivity index (χ4n) is 18.3. The summed E-state index contributed by atoms with van der Waals surface area (Å²) in [5.41, 5.74) is 4.85. The van der Waals surface area contributed by atoms with Gasteiger partial charge in [0.1, 0.15) is 95.5 Å². The molecule has 17 rings (SSSR count). The van der Waals surface area contributed by atoms with E-state index in [0.717, 1.165) is 44.2 Å². The van der Waals surface area contributed by atoms with Crippen LogP contribution in [0.2, 0.25) is 5.02 Å². The van der Waals surface area contributed by atoms with E-state index in [-0.39, 0.29) is 109 Å². The lowest BCUT2D eigenvalue weighted by Gasteiger charge is -2.54. The maximum absolute atomic E-state index is 16.7. The number of carbonyl (C=O) groups excluding carboxylic acids is 9. The monoisotopic (exact) mass is 1710 g/mol. The van der Waals surface area contributed by atoms with Crippen LogP contribution in [0.4, 0.5) is 10.5 Å². The third-order valence-electron chi connectivity index (χ3n) is 24.4. The number of nitrogens with one attached hydrogen (secondary N) is 10. The van der Waals surface area contributed by atoms with Gasteiger partial charge in [-0.15, -0.1) is 0 Å². The molecule has 0 aromatic heterocycles. The van der Waals surface area contributed by atoms with Crippen LogP contribution in [0.25, 0.3) is 11.1 Å². The van der Waals surface area contributed by atoms with E-state index in [1.807, 2.05) is 13.8 Å². The minimum absolute atomic E-state index is 0.0456. The Morgan fingerprint density at radius 3 is 1.96 bits per heavy atom. The normalized spacial score (nSPS) is 30.8. The summed E-state index contributed by atoms with van der Waals surface area (Å²) < 4.78 is 44.6. The number of methoxy groups -OCH3 is 1. The summed E-state index contributed by atoms with van der Waals surface area (Å²) in [5.74, 6) is -10.9. The van der Waals surface area contributed by atoms with Crippen molar-refractivity contribution in [1.82, 2.24) is 47.9 Å². The zero-order valence-electron chi connectivity index (χ0n) is 68.0. The summed E-state index contributed by atoms with van der Waals surface area (Å²) in [6, 6.07) is 6.98. The van der Waals surface area contributed by atoms with E-state index in [1.165, 1.54) is 126 Å². The fourth-order valence-corrected chi connectivity index (χ4v) is 18.6. The maximum Gasteiger partial charge on any atom is 0.325 e. The topological polar surface area (TPSA) is 526 Å². The van der Waals surface area contributed by atoms with Crippen molar-refractivity contribution in [3.63, 3.8) is 0 Å². The highest BCUT2D eigenvalue weighted by atomic mass is 35.5. The number of anilines is 1. The van der Waals surface area contributed by atoms with Gasteiger partial charge in [0.25, 0.3) is 0 Å². The standard InChI is InChI=1S/C86H102ClN11O24/c1-35(2)19-53(89-7)77(108)97-68-70(103)42-10-17-56(36(3)20-42)118-58-29-46-30-59(74(58)122-84-75(73(106)72(105)60(34-99)120-84)121-62-33-86(6,88)76(107)38(5)117-62)119-57-18-11-43(28-52(57)87)71(104)69-83(114)96-67(81(112)93-64-44-23-39-22-40(25-44)26-45(64)24-39)51-31-48(100)21-37(4)63(51)50-27-41(9-16-55(50)101)65(79(110)98-69)95-80(111)66(46)94-78(109)54(91-82(68)113)32-61(102)92-85(115)90-47-12-14-49(116-8)15-13-47/h9-18,20-21,27-31,35,38-40,44-45,53-54,60,62,64-73,75-76,84,89,99-101,103-107H,19,22-26,32-34,88H2,1-8H3,(H,91,113)(H,93,112)(H,94,109)(H,95,111)(H,96,114)(H,97,108)(H,98,110)(H2,90,92,102,115)/t38-,39?,40?,44?,45?,53+,54-,60+,62-,64?,65+,66+,67-,68+,69-,70+,71+,72+,73-,75+,76+,84-,86-/m0/s1. The number of hydrogen-bond donors (Lipinski definition) is 19. The molecule has 36 heteroatoms. The molecule has 0 radical (unpaired) electrons. The van der Waals surface area contributed by atoms with Crippen molar-refractivity contribution >= 4 is 70.6 Å². The molecule has 4 saturated carbocycles. The summed E-state index contributed by atoms with van der Waals surface area (Å²) in [5, 5.41) is 121. The van der Waals surface area contributed by atoms with Crippen LogP contribution in [0.1, 0.15) is 148 Å². The number of likely N-dealkylation sites (N-methyl/N-ethyl adjacent to an activating group) is 1. The Morgan fingerprint density at radius 2 is 1.32 bits per heavy atom. The van der Waals surface area contributed by atoms with Gasteiger partial charge in [-0.1, -0.05) is 43.6 Å². The molecule has 0 spiro atoms. The van der Waals surface area contributed by atoms with E-state index >= 15 is 28.8 Å². The Balaban J connectivity index is 0.965. The number of halogens is 1. The predicted molar refractivity (Wildman–Crippen MR) is 434 cm³/mol. The van der Waals surface area contributed by atoms with E-state index in [9.17, 15) is 55.2 Å². The molecule has 18 atom stereocenters. The minimum atomic E-state index is -2.35. The highest BCUT2D eigenvalue weighted by molar-refractivity contribution is 6.32. The number of amides is 10. The molecule has 4 aliphatic carbocycles. The fraction of sp³-hybridized carbons (Fsp3) is 0.477. The SMILES string of the molecule is CN[C@H](CC(C)C)C(=O)N[C@H]1C(=O)N[C@@H](CC(=O)NC(=O)Nc2ccc(OC)cc2)C(=O)N[C@H]2C(=O)N[C@H]3C(=O)N[C@H](C(=O)N[C@H](C(=O)NC4C5CC6CC(C5)CC4C6)c4cc(O)cc(C)c4-c4cc3ccc4O)[C@H](O)c3ccc(c(Cl)c3)Oc3cc2cc(c3O[C@@H]2O[C@H](CO)[C@@H](O)[C@H](O)[C@H]2O[C@H]2C[C@](C)(N)[C@H](O)[C@H](C)O2)Oc2ccc(cc2C)[C@H]1O. The van der Waals surface area contributed by atoms with Gasteiger partial charge in [-0.3, -0.25) is 43.7 Å². The molecular weight excluding hydrogens is 1610 g/mol. The van der Waals surface area contributed by atoms with Gasteiger partial charge in [0, 0.05) is 29.3 Å². The van der Waals surface area contributed by atoms with Gasteiger partial charge < -0.3 is 128 Å². The lowest BCUT2D eigenvalue weighted by atomic mass is 9.54. The maximum atomic E-state index is 16.7. The first-order chi connectivity index (χ1) is 58.0. The number of aliphatic hydroxyl groups excluding tert-OH is 6. The van der Waals surface area contributed by atoms with E-state index in [4.69, 9.17) is 50.5 Å². The van der Waals surface area contributed by atoms with Crippen molar-refractivity contribution in [2.75, 3.05) is 26.1 Å². The third-order valence-corrected chi connectivity index (χ3v) is 24.7. The van der Waals surface area contributed by atoms with E-state index in [2.05, 4.69) is 53.2 Å². The molecule has 6 fully saturated rings. The van der Waals surface area contributed by atoms with Crippen LogP contribution in [-0.4, -0.2) is 200 Å². The summed E-state index contributed by atoms with van der Waals surface area (Å²) in [4.78, 5) is 139. The van der Waals surface area contributed by atoms with Gasteiger partial charge in [-0.25, -0.2) is 4.79 Å². The highest BCUT2D eigenvalue weighted by Gasteiger charge is 2.53. The Kier molecular flexibility index (Phi) is 25.8. The second kappa shape index (κ2) is 35.9. The lowest BCUT2D eigenvalue weighted by Crippen LogP contribution is -2.64. The number of aliphatic hydroxyl groups is 6. The molecule has 6 aromatic carbocycles. The Bertz CT molecular complexity index is 5010. The highest BCUT2D eigenvalue weighted by Crippen LogP contribution is 2.55. The number of ether oxygens (including phenoxy) is 7. The number of aryl methyl sites for hydroxylation is 2. The van der Waals surface area contributed by atoms with Crippen molar-refractivity contribution in [2.24, 2.45) is 35.3 Å². The van der Waals surface area contributed by atoms with Gasteiger partial charge in [0.2, 0.25) is 59.3 Å². The smallest absolute Gasteiger partial charge is 0.325 e. The number of nitrogens with two attached hydrogens (primary N) is 1. The number of phenolic OH excluding ortho intramolecular Hbond substituents is 2. The van der Waals surface area contributed by atoms with Crippen molar-refractivity contribution in [3.05, 3.63) is 147 Å². The first kappa shape index (κ1) is 87.5. The Morgan fingerprint density at radius 1 is 0.680 bits per heavy atom. The van der Waals surface area contributed by atoms with E-state index < -0.39 is 204 Å². The predicted octanol–water partition coefficient (Wildman–Crippen LogP) is 4.09. The van der Waals surface area contributed by atoms with Crippen LogP contribution in [0, 0.1) is 43.4 Å². The number of hydrogen-bond acceptors (Lipinski definition) is 26. The molecule has 0 unspecified atom stereocenters. The molecule has 15 bridgehead atoms. The average molecular weight is 1710 g/mol. The van der Waals surface area contributed by atoms with E-state index in [1.54, 1.807) is 6.92 Å². The molecule has 35 nitrogen and oxygen atoms in total. The van der Waals surface area contributed by atoms with Crippen LogP contribution in [0.5, 0.6) is 46.0 Å². The van der Waals surface area contributed by atoms with Crippen molar-refractivity contribution in [2.45, 2.75) is 208 Å². The first-order valence-corrected chi connectivity index (χ1v) is 41.0. The molecule has 7 aliphatic heterocycles. The van der Waals surface area contributed by atoms with Crippen LogP contribution < -0.4 is 77.8 Å². The number of imide groups is 1. The van der Waals surface area contributed by atoms with Gasteiger partial charge in [0.15, 0.2) is 23.9 Å². The Hall–Kier alpha value is -10.8. The van der Waals surface area contributed by atoms with Gasteiger partial charge >= 0.3 is 6.03 Å². The molecular formula is C86H102ClN11O24. The molecule has 10 amide bonds. The molecule has 7 heterocycles. The van der Waals surface area contributed by atoms with Crippen LogP contribution in [-0.2, 0) is 52.6 Å². The van der Waals surface area contributed by atoms with Crippen LogP contribution in [0.3, 0.4) is 0 Å². The summed E-state index contributed by atoms with van der Waals surface area (Å²) >= 11 is 7.31. The molecule has 2 saturated heterocycles. The van der Waals surface area contributed by atoms with Crippen molar-refractivity contribution < 1.29 is 117 Å². The van der Waals surface area contributed by atoms with Crippen LogP contribution in [0.15, 0.2) is 103 Å². The third kappa shape index (κ3) is 18.5. The molecule has 11 aliphatic rings. The van der Waals surface area contributed by atoms with E-state index in [0.29, 0.717) is 17.6 Å². The number of aromatic hydroxyl groups is 2. The number of rotatable bonds is 16. The molecule has 6 aromatic rings. The van der Waals surface area contributed by atoms with Crippen molar-refractivity contribution in [1.29, 1.82) is 0 Å². The molecule has 652 valence electrons. The largest absolute Gasteiger partial charge is 0.508 e. The number of benzene rings is 6. The number of fused-ring (bicyclic) bond motifs is 15. The number of carbonyl (C=O) groups is 9. The van der Waals surface area contributed by atoms with Crippen molar-refractivity contribution in [3.8, 4) is 57.1 Å². The zero-order valence-corrected chi connectivity index (χ0v) is 68.8. The summed E-state index contributed by atoms with van der Waals surface area (Å²) in [6.07, 6.45) is -13.9. The zero-order chi connectivity index (χ0) is 87.4. The Labute approximate surface area is 706 Å². The summed E-state index contributed by atoms with van der Waals surface area (Å²) in [6.45, 7) is 8.85. The number of phenols is 2. The minimum Gasteiger partial charge on any atom is -0.508 e. The van der Waals surface area contributed by atoms with Gasteiger partial charge in [-0.2, -0.15) is 0 Å². The molecule has 20 N–H and O–H groups in total. The molecule has 122 heavy (non-hydrogen) atoms. The summed E-state index contributed by atoms with van der Waals surface area (Å²) in [7, 11) is 2.92. The first-order valence-electron chi connectivity index (χ1n) is 40.6. The number of urea groups is 1. The quantitative estimate of drug-likeness (QED) is 0.0648. The van der Waals surface area contributed by atoms with Gasteiger partial charge in [0.05, 0.1) is 43.4 Å². The average Bonchev–Trinajstić information content (AvgIpc) is 0.759. The van der Waals surface area contributed by atoms with Crippen LogP contribution >= 0.6 is 11.6 Å². The van der Waals surface area contributed by atoms with Gasteiger partial charge in [-0.05, 0) is 232 Å². The second-order valence-electron chi connectivity index (χ2n) is 33.7.